The van der Waals surface area contributed by atoms with Gasteiger partial charge >= 0.3 is 0 Å². The fourth-order valence-corrected chi connectivity index (χ4v) is 4.01. The molecule has 0 bridgehead atoms. The molecule has 1 aromatic carbocycles. The number of nitrogens with one attached hydrogen (secondary N) is 2. The number of rotatable bonds is 7. The maximum Gasteiger partial charge on any atom is 0.191 e. The van der Waals surface area contributed by atoms with Gasteiger partial charge in [0.1, 0.15) is 5.01 Å². The van der Waals surface area contributed by atoms with Gasteiger partial charge in [-0.3, -0.25) is 9.89 Å². The molecular formula is C21H31N5OS. The summed E-state index contributed by atoms with van der Waals surface area (Å²) < 4.78 is 5.46. The second-order valence-corrected chi connectivity index (χ2v) is 8.20. The van der Waals surface area contributed by atoms with Crippen LogP contribution < -0.4 is 10.6 Å². The van der Waals surface area contributed by atoms with E-state index in [9.17, 15) is 0 Å². The van der Waals surface area contributed by atoms with Gasteiger partial charge in [0, 0.05) is 38.6 Å². The first-order chi connectivity index (χ1) is 13.7. The molecule has 1 saturated heterocycles. The van der Waals surface area contributed by atoms with Crippen molar-refractivity contribution in [2.75, 3.05) is 33.4 Å². The Labute approximate surface area is 172 Å². The Morgan fingerprint density at radius 1 is 1.18 bits per heavy atom. The first-order valence-electron chi connectivity index (χ1n) is 9.91. The zero-order valence-electron chi connectivity index (χ0n) is 17.1. The van der Waals surface area contributed by atoms with Crippen molar-refractivity contribution in [1.82, 2.24) is 20.5 Å². The maximum absolute atomic E-state index is 5.46. The van der Waals surface area contributed by atoms with Crippen molar-refractivity contribution in [3.63, 3.8) is 0 Å². The van der Waals surface area contributed by atoms with Crippen LogP contribution in [0.2, 0.25) is 0 Å². The Bertz CT molecular complexity index is 768. The molecule has 0 aliphatic carbocycles. The number of aromatic nitrogens is 1. The number of nitrogens with zero attached hydrogens (tertiary/aromatic N) is 3. The summed E-state index contributed by atoms with van der Waals surface area (Å²) >= 11 is 1.69. The number of ether oxygens (including phenoxy) is 1. The zero-order valence-corrected chi connectivity index (χ0v) is 17.9. The zero-order chi connectivity index (χ0) is 19.8. The van der Waals surface area contributed by atoms with Crippen molar-refractivity contribution < 1.29 is 4.74 Å². The van der Waals surface area contributed by atoms with Crippen LogP contribution >= 0.6 is 11.3 Å². The van der Waals surface area contributed by atoms with E-state index in [2.05, 4.69) is 69.0 Å². The van der Waals surface area contributed by atoms with Crippen molar-refractivity contribution in [2.45, 2.75) is 39.4 Å². The number of aliphatic imine (C=N–C) groups is 1. The van der Waals surface area contributed by atoms with Crippen molar-refractivity contribution in [2.24, 2.45) is 4.99 Å². The predicted octanol–water partition coefficient (Wildman–Crippen LogP) is 2.96. The molecule has 2 heterocycles. The third-order valence-electron chi connectivity index (χ3n) is 4.85. The summed E-state index contributed by atoms with van der Waals surface area (Å²) in [5.74, 6) is 1.26. The van der Waals surface area contributed by atoms with Crippen LogP contribution in [-0.2, 0) is 24.4 Å². The number of guanidine groups is 1. The van der Waals surface area contributed by atoms with Gasteiger partial charge in [-0.2, -0.15) is 0 Å². The van der Waals surface area contributed by atoms with Crippen LogP contribution in [0.4, 0.5) is 0 Å². The lowest BCUT2D eigenvalue weighted by molar-refractivity contribution is 0.0341. The van der Waals surface area contributed by atoms with Gasteiger partial charge < -0.3 is 15.4 Å². The second kappa shape index (κ2) is 10.5. The molecule has 0 spiro atoms. The van der Waals surface area contributed by atoms with Crippen molar-refractivity contribution >= 4 is 17.3 Å². The molecule has 0 radical (unpaired) electrons. The van der Waals surface area contributed by atoms with Crippen LogP contribution in [0.25, 0.3) is 0 Å². The fourth-order valence-electron chi connectivity index (χ4n) is 3.11. The molecule has 1 fully saturated rings. The molecule has 0 saturated carbocycles. The van der Waals surface area contributed by atoms with Crippen molar-refractivity contribution in [3.8, 4) is 0 Å². The number of morpholine rings is 1. The predicted molar refractivity (Wildman–Crippen MR) is 116 cm³/mol. The van der Waals surface area contributed by atoms with E-state index in [1.807, 2.05) is 0 Å². The molecule has 7 heteroatoms. The Morgan fingerprint density at radius 2 is 1.89 bits per heavy atom. The first kappa shape index (κ1) is 20.8. The number of hydrogen-bond acceptors (Lipinski definition) is 5. The van der Waals surface area contributed by atoms with E-state index in [1.165, 1.54) is 11.1 Å². The lowest BCUT2D eigenvalue weighted by Crippen LogP contribution is -2.37. The average Bonchev–Trinajstić information content (AvgIpc) is 3.19. The number of thiazole rings is 1. The van der Waals surface area contributed by atoms with E-state index in [0.717, 1.165) is 56.1 Å². The van der Waals surface area contributed by atoms with Crippen LogP contribution in [-0.4, -0.2) is 49.2 Å². The van der Waals surface area contributed by atoms with Gasteiger partial charge in [0.2, 0.25) is 0 Å². The molecule has 0 atom stereocenters. The summed E-state index contributed by atoms with van der Waals surface area (Å²) in [4.78, 5) is 11.5. The molecule has 0 amide bonds. The number of benzene rings is 1. The summed E-state index contributed by atoms with van der Waals surface area (Å²) in [6.45, 7) is 10.4. The fraction of sp³-hybridized carbons (Fsp3) is 0.524. The highest BCUT2D eigenvalue weighted by atomic mass is 32.1. The van der Waals surface area contributed by atoms with E-state index in [4.69, 9.17) is 4.74 Å². The van der Waals surface area contributed by atoms with Gasteiger partial charge in [-0.1, -0.05) is 38.1 Å². The van der Waals surface area contributed by atoms with Crippen LogP contribution in [0.15, 0.2) is 34.6 Å². The third kappa shape index (κ3) is 6.02. The molecule has 3 rings (SSSR count). The van der Waals surface area contributed by atoms with E-state index < -0.39 is 0 Å². The highest BCUT2D eigenvalue weighted by Crippen LogP contribution is 2.17. The molecule has 0 unspecified atom stereocenters. The summed E-state index contributed by atoms with van der Waals surface area (Å²) in [7, 11) is 1.80. The monoisotopic (exact) mass is 401 g/mol. The average molecular weight is 402 g/mol. The lowest BCUT2D eigenvalue weighted by Gasteiger charge is -2.27. The van der Waals surface area contributed by atoms with Crippen molar-refractivity contribution in [3.05, 3.63) is 51.5 Å². The Balaban J connectivity index is 1.53. The summed E-state index contributed by atoms with van der Waals surface area (Å²) in [5, 5.41) is 10.0. The third-order valence-corrected chi connectivity index (χ3v) is 5.72. The highest BCUT2D eigenvalue weighted by molar-refractivity contribution is 7.09. The summed E-state index contributed by atoms with van der Waals surface area (Å²) in [6, 6.07) is 8.61. The quantitative estimate of drug-likeness (QED) is 0.552. The van der Waals surface area contributed by atoms with Gasteiger partial charge in [0.25, 0.3) is 0 Å². The van der Waals surface area contributed by atoms with E-state index in [1.54, 1.807) is 18.4 Å². The van der Waals surface area contributed by atoms with Gasteiger partial charge in [0.15, 0.2) is 5.96 Å². The standard InChI is InChI=1S/C21H31N5OS/c1-16(2)19-15-28-20(25-19)13-24-21(22-3)23-12-17-6-4-5-7-18(17)14-26-8-10-27-11-9-26/h4-7,15-16H,8-14H2,1-3H3,(H2,22,23,24). The minimum absolute atomic E-state index is 0.463. The second-order valence-electron chi connectivity index (χ2n) is 7.26. The van der Waals surface area contributed by atoms with Crippen LogP contribution in [0.1, 0.15) is 41.6 Å². The van der Waals surface area contributed by atoms with Crippen LogP contribution in [0, 0.1) is 0 Å². The molecule has 2 aromatic rings. The largest absolute Gasteiger partial charge is 0.379 e. The van der Waals surface area contributed by atoms with E-state index in [0.29, 0.717) is 12.5 Å². The molecule has 1 aromatic heterocycles. The SMILES string of the molecule is CN=C(NCc1nc(C(C)C)cs1)NCc1ccccc1CN1CCOCC1. The molecular weight excluding hydrogens is 370 g/mol. The van der Waals surface area contributed by atoms with Gasteiger partial charge in [-0.15, -0.1) is 11.3 Å². The molecule has 28 heavy (non-hydrogen) atoms. The Hall–Kier alpha value is -1.96. The lowest BCUT2D eigenvalue weighted by atomic mass is 10.1. The maximum atomic E-state index is 5.46. The molecule has 1 aliphatic heterocycles. The van der Waals surface area contributed by atoms with Gasteiger partial charge in [0.05, 0.1) is 25.5 Å². The normalized spacial score (nSPS) is 15.8. The molecule has 152 valence electrons. The smallest absolute Gasteiger partial charge is 0.191 e. The topological polar surface area (TPSA) is 61.8 Å². The minimum atomic E-state index is 0.463. The Kier molecular flexibility index (Phi) is 7.82. The highest BCUT2D eigenvalue weighted by Gasteiger charge is 2.13. The molecule has 6 nitrogen and oxygen atoms in total. The first-order valence-corrected chi connectivity index (χ1v) is 10.8. The summed E-state index contributed by atoms with van der Waals surface area (Å²) in [6.07, 6.45) is 0. The summed E-state index contributed by atoms with van der Waals surface area (Å²) in [5.41, 5.74) is 3.81. The molecule has 2 N–H and O–H groups in total. The Morgan fingerprint density at radius 3 is 2.57 bits per heavy atom. The van der Waals surface area contributed by atoms with Crippen molar-refractivity contribution in [1.29, 1.82) is 0 Å². The van der Waals surface area contributed by atoms with E-state index in [-0.39, 0.29) is 0 Å². The van der Waals surface area contributed by atoms with Gasteiger partial charge in [-0.05, 0) is 17.0 Å². The van der Waals surface area contributed by atoms with Crippen LogP contribution in [0.3, 0.4) is 0 Å². The van der Waals surface area contributed by atoms with Crippen LogP contribution in [0.5, 0.6) is 0 Å². The number of hydrogen-bond donors (Lipinski definition) is 2. The molecule has 1 aliphatic rings. The van der Waals surface area contributed by atoms with Gasteiger partial charge in [-0.25, -0.2) is 4.98 Å². The minimum Gasteiger partial charge on any atom is -0.379 e. The van der Waals surface area contributed by atoms with E-state index >= 15 is 0 Å².